The van der Waals surface area contributed by atoms with E-state index in [1.807, 2.05) is 0 Å². The van der Waals surface area contributed by atoms with Crippen LogP contribution in [0.25, 0.3) is 34.9 Å². The molecule has 3 aliphatic rings. The topological polar surface area (TPSA) is 0 Å². The molecule has 4 aromatic carbocycles. The van der Waals surface area contributed by atoms with Gasteiger partial charge in [0.1, 0.15) is 0 Å². The summed E-state index contributed by atoms with van der Waals surface area (Å²) in [5, 5.41) is 0. The first kappa shape index (κ1) is 18.7. The van der Waals surface area contributed by atoms with Crippen LogP contribution in [0.3, 0.4) is 0 Å². The van der Waals surface area contributed by atoms with E-state index in [0.29, 0.717) is 0 Å². The largest absolute Gasteiger partial charge is 0.0619 e. The average Bonchev–Trinajstić information content (AvgIpc) is 3.59. The second kappa shape index (κ2) is 7.32. The fourth-order valence-electron chi connectivity index (χ4n) is 5.58. The summed E-state index contributed by atoms with van der Waals surface area (Å²) in [6, 6.07) is 33.6. The van der Waals surface area contributed by atoms with Crippen molar-refractivity contribution >= 4 is 34.9 Å². The fraction of sp³-hybridized carbons (Fsp3) is 0.0909. The molecule has 0 saturated heterocycles. The molecule has 0 bridgehead atoms. The van der Waals surface area contributed by atoms with Gasteiger partial charge in [-0.2, -0.15) is 0 Å². The number of allylic oxidation sites excluding steroid dienone is 3. The quantitative estimate of drug-likeness (QED) is 0.315. The van der Waals surface area contributed by atoms with Gasteiger partial charge in [0.2, 0.25) is 0 Å². The molecule has 7 rings (SSSR count). The Labute approximate surface area is 195 Å². The number of benzene rings is 4. The van der Waals surface area contributed by atoms with Gasteiger partial charge in [0, 0.05) is 0 Å². The van der Waals surface area contributed by atoms with Gasteiger partial charge >= 0.3 is 0 Å². The maximum Gasteiger partial charge on any atom is -0.00137 e. The molecule has 0 N–H and O–H groups in total. The molecule has 0 aromatic heterocycles. The summed E-state index contributed by atoms with van der Waals surface area (Å²) in [6.45, 7) is 0. The molecule has 0 nitrogen and oxygen atoms in total. The van der Waals surface area contributed by atoms with Crippen molar-refractivity contribution in [1.82, 2.24) is 0 Å². The van der Waals surface area contributed by atoms with Gasteiger partial charge in [0.15, 0.2) is 0 Å². The van der Waals surface area contributed by atoms with Crippen molar-refractivity contribution in [2.24, 2.45) is 0 Å². The first-order valence-corrected chi connectivity index (χ1v) is 11.8. The first-order chi connectivity index (χ1) is 16.3. The molecule has 33 heavy (non-hydrogen) atoms. The maximum absolute atomic E-state index is 2.42. The molecular weight excluding hydrogens is 396 g/mol. The summed E-state index contributed by atoms with van der Waals surface area (Å²) >= 11 is 0. The normalized spacial score (nSPS) is 15.5. The Hall–Kier alpha value is -3.90. The van der Waals surface area contributed by atoms with Crippen LogP contribution in [0, 0.1) is 0 Å². The minimum atomic E-state index is 1.01. The van der Waals surface area contributed by atoms with Gasteiger partial charge in [-0.25, -0.2) is 0 Å². The lowest BCUT2D eigenvalue weighted by Gasteiger charge is -2.13. The van der Waals surface area contributed by atoms with Gasteiger partial charge in [-0.1, -0.05) is 91.0 Å². The highest BCUT2D eigenvalue weighted by Gasteiger charge is 2.20. The third-order valence-corrected chi connectivity index (χ3v) is 7.34. The number of rotatable bonds is 3. The summed E-state index contributed by atoms with van der Waals surface area (Å²) in [4.78, 5) is 0. The minimum absolute atomic E-state index is 1.01. The fourth-order valence-corrected chi connectivity index (χ4v) is 5.58. The molecule has 0 atom stereocenters. The summed E-state index contributed by atoms with van der Waals surface area (Å²) in [5.41, 5.74) is 16.7. The number of hydrogen-bond acceptors (Lipinski definition) is 0. The Kier molecular flexibility index (Phi) is 4.14. The molecule has 0 saturated carbocycles. The van der Waals surface area contributed by atoms with E-state index in [-0.39, 0.29) is 0 Å². The highest BCUT2D eigenvalue weighted by molar-refractivity contribution is 5.96. The van der Waals surface area contributed by atoms with Crippen molar-refractivity contribution in [2.75, 3.05) is 0 Å². The smallest absolute Gasteiger partial charge is 0.00137 e. The first-order valence-electron chi connectivity index (χ1n) is 11.8. The van der Waals surface area contributed by atoms with E-state index >= 15 is 0 Å². The lowest BCUT2D eigenvalue weighted by atomic mass is 9.91. The van der Waals surface area contributed by atoms with Crippen LogP contribution in [0.5, 0.6) is 0 Å². The third kappa shape index (κ3) is 3.22. The zero-order chi connectivity index (χ0) is 21.8. The van der Waals surface area contributed by atoms with E-state index < -0.39 is 0 Å². The van der Waals surface area contributed by atoms with Gasteiger partial charge in [0.05, 0.1) is 0 Å². The molecule has 0 aliphatic heterocycles. The van der Waals surface area contributed by atoms with Crippen molar-refractivity contribution < 1.29 is 0 Å². The van der Waals surface area contributed by atoms with Gasteiger partial charge in [0.25, 0.3) is 0 Å². The number of fused-ring (bicyclic) bond motifs is 3. The standard InChI is InChI=1S/C33H24/c1-2-8-23-14-28(13-22(23)7-1)31-19-32(29-15-24-9-3-4-10-25(24)16-29)21-33(20-31)30-17-26-11-5-6-12-27(26)18-30/h1-13,15,17,19-21H,14,16,18H2. The second-order valence-electron chi connectivity index (χ2n) is 9.43. The summed E-state index contributed by atoms with van der Waals surface area (Å²) in [6.07, 6.45) is 10.2. The van der Waals surface area contributed by atoms with E-state index in [0.717, 1.165) is 19.3 Å². The van der Waals surface area contributed by atoms with Crippen LogP contribution in [0.15, 0.2) is 91.0 Å². The third-order valence-electron chi connectivity index (χ3n) is 7.34. The molecule has 0 amide bonds. The Morgan fingerprint density at radius 3 is 0.970 bits per heavy atom. The predicted molar refractivity (Wildman–Crippen MR) is 140 cm³/mol. The highest BCUT2D eigenvalue weighted by atomic mass is 14.2. The molecule has 0 heteroatoms. The zero-order valence-electron chi connectivity index (χ0n) is 18.5. The van der Waals surface area contributed by atoms with E-state index in [2.05, 4.69) is 109 Å². The average molecular weight is 421 g/mol. The van der Waals surface area contributed by atoms with Crippen molar-refractivity contribution in [2.45, 2.75) is 19.3 Å². The van der Waals surface area contributed by atoms with Crippen LogP contribution in [0.1, 0.15) is 50.1 Å². The molecule has 0 unspecified atom stereocenters. The Morgan fingerprint density at radius 2 is 0.667 bits per heavy atom. The molecular formula is C33H24. The Balaban J connectivity index is 1.34. The lowest BCUT2D eigenvalue weighted by Crippen LogP contribution is -1.95. The summed E-state index contributed by atoms with van der Waals surface area (Å²) in [5.74, 6) is 0. The molecule has 156 valence electrons. The number of hydrogen-bond donors (Lipinski definition) is 0. The summed E-state index contributed by atoms with van der Waals surface area (Å²) in [7, 11) is 0. The van der Waals surface area contributed by atoms with Crippen molar-refractivity contribution in [1.29, 1.82) is 0 Å². The van der Waals surface area contributed by atoms with Gasteiger partial charge in [-0.3, -0.25) is 0 Å². The van der Waals surface area contributed by atoms with E-state index in [4.69, 9.17) is 0 Å². The van der Waals surface area contributed by atoms with Crippen LogP contribution in [0.2, 0.25) is 0 Å². The van der Waals surface area contributed by atoms with Crippen molar-refractivity contribution in [3.05, 3.63) is 141 Å². The SMILES string of the molecule is C1=C(c2cc(C3=Cc4ccccc4C3)cc(C3=Cc4ccccc4C3)c2)Cc2ccccc21. The maximum atomic E-state index is 2.42. The van der Waals surface area contributed by atoms with Crippen LogP contribution in [-0.2, 0) is 19.3 Å². The van der Waals surface area contributed by atoms with Crippen LogP contribution >= 0.6 is 0 Å². The van der Waals surface area contributed by atoms with Crippen molar-refractivity contribution in [3.63, 3.8) is 0 Å². The van der Waals surface area contributed by atoms with Crippen LogP contribution in [0.4, 0.5) is 0 Å². The van der Waals surface area contributed by atoms with E-state index in [1.165, 1.54) is 66.8 Å². The minimum Gasteiger partial charge on any atom is -0.0619 e. The molecule has 4 aromatic rings. The Morgan fingerprint density at radius 1 is 0.364 bits per heavy atom. The monoisotopic (exact) mass is 420 g/mol. The predicted octanol–water partition coefficient (Wildman–Crippen LogP) is 7.98. The summed E-state index contributed by atoms with van der Waals surface area (Å²) < 4.78 is 0. The lowest BCUT2D eigenvalue weighted by molar-refractivity contribution is 1.28. The molecule has 3 aliphatic carbocycles. The van der Waals surface area contributed by atoms with Crippen molar-refractivity contribution in [3.8, 4) is 0 Å². The molecule has 0 radical (unpaired) electrons. The highest BCUT2D eigenvalue weighted by Crippen LogP contribution is 2.39. The second-order valence-corrected chi connectivity index (χ2v) is 9.43. The van der Waals surface area contributed by atoms with Gasteiger partial charge in [-0.15, -0.1) is 0 Å². The van der Waals surface area contributed by atoms with E-state index in [9.17, 15) is 0 Å². The molecule has 0 spiro atoms. The van der Waals surface area contributed by atoms with Gasteiger partial charge in [-0.05, 0) is 104 Å². The van der Waals surface area contributed by atoms with Crippen LogP contribution < -0.4 is 0 Å². The molecule has 0 fully saturated rings. The Bertz CT molecular complexity index is 1330. The van der Waals surface area contributed by atoms with Crippen LogP contribution in [-0.4, -0.2) is 0 Å². The zero-order valence-corrected chi connectivity index (χ0v) is 18.5. The van der Waals surface area contributed by atoms with E-state index in [1.54, 1.807) is 0 Å². The van der Waals surface area contributed by atoms with Gasteiger partial charge < -0.3 is 0 Å². The molecule has 0 heterocycles.